The zero-order valence-corrected chi connectivity index (χ0v) is 13.3. The number of hydrogen-bond acceptors (Lipinski definition) is 4. The number of ether oxygens (including phenoxy) is 1. The van der Waals surface area contributed by atoms with Crippen molar-refractivity contribution in [1.29, 1.82) is 5.26 Å². The van der Waals surface area contributed by atoms with Crippen LogP contribution in [0.5, 0.6) is 5.75 Å². The van der Waals surface area contributed by atoms with Crippen LogP contribution < -0.4 is 4.74 Å². The number of rotatable bonds is 4. The van der Waals surface area contributed by atoms with E-state index in [0.717, 1.165) is 24.2 Å². The van der Waals surface area contributed by atoms with Gasteiger partial charge in [-0.25, -0.2) is 0 Å². The number of thioether (sulfide) groups is 1. The molecular formula is C16H20N2O2S. The quantitative estimate of drug-likeness (QED) is 0.857. The molecule has 5 heteroatoms. The highest BCUT2D eigenvalue weighted by molar-refractivity contribution is 8.00. The second-order valence-electron chi connectivity index (χ2n) is 5.22. The molecule has 0 bridgehead atoms. The van der Waals surface area contributed by atoms with Gasteiger partial charge in [0.15, 0.2) is 0 Å². The van der Waals surface area contributed by atoms with Crippen molar-refractivity contribution in [3.63, 3.8) is 0 Å². The molecule has 2 rings (SSSR count). The highest BCUT2D eigenvalue weighted by atomic mass is 32.2. The van der Waals surface area contributed by atoms with Gasteiger partial charge >= 0.3 is 0 Å². The molecule has 1 aromatic carbocycles. The van der Waals surface area contributed by atoms with Gasteiger partial charge in [0, 0.05) is 13.1 Å². The lowest BCUT2D eigenvalue weighted by molar-refractivity contribution is -0.131. The van der Waals surface area contributed by atoms with Crippen LogP contribution in [-0.4, -0.2) is 42.0 Å². The predicted octanol–water partition coefficient (Wildman–Crippen LogP) is 2.49. The van der Waals surface area contributed by atoms with E-state index in [2.05, 4.69) is 6.07 Å². The summed E-state index contributed by atoms with van der Waals surface area (Å²) in [6.45, 7) is 1.34. The Morgan fingerprint density at radius 3 is 2.48 bits per heavy atom. The summed E-state index contributed by atoms with van der Waals surface area (Å²) in [7, 11) is 1.63. The first-order chi connectivity index (χ1) is 10.1. The zero-order chi connectivity index (χ0) is 15.3. The van der Waals surface area contributed by atoms with Crippen molar-refractivity contribution in [2.45, 2.75) is 24.0 Å². The van der Waals surface area contributed by atoms with Crippen molar-refractivity contribution in [3.8, 4) is 11.8 Å². The van der Waals surface area contributed by atoms with E-state index in [-0.39, 0.29) is 10.7 Å². The number of likely N-dealkylation sites (tertiary alicyclic amines) is 1. The average Bonchev–Trinajstić information content (AvgIpc) is 2.55. The van der Waals surface area contributed by atoms with Crippen LogP contribution in [-0.2, 0) is 11.2 Å². The number of carbonyl (C=O) groups excluding carboxylic acids is 1. The van der Waals surface area contributed by atoms with Crippen LogP contribution in [0.2, 0.25) is 0 Å². The molecule has 0 N–H and O–H groups in total. The molecule has 1 amide bonds. The number of nitrogens with zero attached hydrogens (tertiary/aromatic N) is 2. The number of nitriles is 1. The summed E-state index contributed by atoms with van der Waals surface area (Å²) >= 11 is 1.60. The second-order valence-corrected chi connectivity index (χ2v) is 6.41. The molecule has 1 aliphatic heterocycles. The molecule has 1 saturated heterocycles. The maximum absolute atomic E-state index is 12.3. The fourth-order valence-corrected chi connectivity index (χ4v) is 3.19. The smallest absolute Gasteiger partial charge is 0.226 e. The fraction of sp³-hybridized carbons (Fsp3) is 0.500. The van der Waals surface area contributed by atoms with Crippen molar-refractivity contribution in [1.82, 2.24) is 4.90 Å². The summed E-state index contributed by atoms with van der Waals surface area (Å²) in [5.74, 6) is 0.927. The van der Waals surface area contributed by atoms with E-state index in [4.69, 9.17) is 4.74 Å². The lowest BCUT2D eigenvalue weighted by atomic mass is 9.96. The minimum atomic E-state index is -0.309. The first-order valence-electron chi connectivity index (χ1n) is 6.99. The van der Waals surface area contributed by atoms with Crippen molar-refractivity contribution < 1.29 is 9.53 Å². The van der Waals surface area contributed by atoms with Crippen LogP contribution in [0.3, 0.4) is 0 Å². The van der Waals surface area contributed by atoms with Crippen LogP contribution in [0.15, 0.2) is 24.3 Å². The van der Waals surface area contributed by atoms with Crippen LogP contribution in [0.4, 0.5) is 0 Å². The van der Waals surface area contributed by atoms with Crippen molar-refractivity contribution in [2.75, 3.05) is 26.5 Å². The SMILES string of the molecule is COc1ccc(CC(=O)N2CCC(C#N)(SC)CC2)cc1. The van der Waals surface area contributed by atoms with Gasteiger partial charge in [-0.05, 0) is 36.8 Å². The van der Waals surface area contributed by atoms with Gasteiger partial charge in [-0.2, -0.15) is 5.26 Å². The van der Waals surface area contributed by atoms with Gasteiger partial charge in [0.05, 0.1) is 19.6 Å². The molecule has 0 radical (unpaired) electrons. The summed E-state index contributed by atoms with van der Waals surface area (Å²) in [5, 5.41) is 9.26. The Hall–Kier alpha value is -1.67. The molecule has 0 aliphatic carbocycles. The number of methoxy groups -OCH3 is 1. The highest BCUT2D eigenvalue weighted by Crippen LogP contribution is 2.33. The summed E-state index contributed by atoms with van der Waals surface area (Å²) in [6.07, 6.45) is 3.87. The van der Waals surface area contributed by atoms with Gasteiger partial charge in [-0.3, -0.25) is 4.79 Å². The van der Waals surface area contributed by atoms with Crippen molar-refractivity contribution in [2.24, 2.45) is 0 Å². The molecule has 0 atom stereocenters. The van der Waals surface area contributed by atoms with E-state index >= 15 is 0 Å². The number of piperidine rings is 1. The predicted molar refractivity (Wildman–Crippen MR) is 84.4 cm³/mol. The summed E-state index contributed by atoms with van der Waals surface area (Å²) in [4.78, 5) is 14.2. The minimum Gasteiger partial charge on any atom is -0.497 e. The van der Waals surface area contributed by atoms with Gasteiger partial charge in [-0.15, -0.1) is 11.8 Å². The summed E-state index contributed by atoms with van der Waals surface area (Å²) in [5.41, 5.74) is 0.989. The van der Waals surface area contributed by atoms with E-state index in [1.54, 1.807) is 18.9 Å². The molecule has 1 heterocycles. The maximum atomic E-state index is 12.3. The maximum Gasteiger partial charge on any atom is 0.226 e. The Kier molecular flexibility index (Phi) is 5.13. The number of benzene rings is 1. The Morgan fingerprint density at radius 2 is 2.00 bits per heavy atom. The molecule has 0 aromatic heterocycles. The largest absolute Gasteiger partial charge is 0.497 e. The van der Waals surface area contributed by atoms with Gasteiger partial charge in [0.2, 0.25) is 5.91 Å². The van der Waals surface area contributed by atoms with E-state index in [1.807, 2.05) is 35.4 Å². The normalized spacial score (nSPS) is 17.1. The molecule has 0 saturated carbocycles. The Labute approximate surface area is 130 Å². The average molecular weight is 304 g/mol. The van der Waals surface area contributed by atoms with Crippen LogP contribution >= 0.6 is 11.8 Å². The molecular weight excluding hydrogens is 284 g/mol. The van der Waals surface area contributed by atoms with E-state index in [9.17, 15) is 10.1 Å². The summed E-state index contributed by atoms with van der Waals surface area (Å²) < 4.78 is 4.80. The summed E-state index contributed by atoms with van der Waals surface area (Å²) in [6, 6.07) is 9.97. The number of amides is 1. The first-order valence-corrected chi connectivity index (χ1v) is 8.22. The molecule has 1 aliphatic rings. The molecule has 112 valence electrons. The van der Waals surface area contributed by atoms with E-state index in [0.29, 0.717) is 19.5 Å². The first kappa shape index (κ1) is 15.7. The minimum absolute atomic E-state index is 0.132. The Bertz CT molecular complexity index is 528. The van der Waals surface area contributed by atoms with Gasteiger partial charge in [0.1, 0.15) is 10.5 Å². The molecule has 4 nitrogen and oxygen atoms in total. The molecule has 0 spiro atoms. The lowest BCUT2D eigenvalue weighted by Crippen LogP contribution is -2.44. The van der Waals surface area contributed by atoms with Gasteiger partial charge in [-0.1, -0.05) is 12.1 Å². The Morgan fingerprint density at radius 1 is 1.38 bits per heavy atom. The molecule has 1 fully saturated rings. The third-order valence-corrected chi connectivity index (χ3v) is 5.31. The van der Waals surface area contributed by atoms with Gasteiger partial charge < -0.3 is 9.64 Å². The van der Waals surface area contributed by atoms with Crippen LogP contribution in [0.1, 0.15) is 18.4 Å². The van der Waals surface area contributed by atoms with Crippen molar-refractivity contribution >= 4 is 17.7 Å². The highest BCUT2D eigenvalue weighted by Gasteiger charge is 2.35. The third kappa shape index (κ3) is 3.70. The Balaban J connectivity index is 1.91. The van der Waals surface area contributed by atoms with E-state index < -0.39 is 0 Å². The monoisotopic (exact) mass is 304 g/mol. The lowest BCUT2D eigenvalue weighted by Gasteiger charge is -2.36. The second kappa shape index (κ2) is 6.86. The van der Waals surface area contributed by atoms with Crippen LogP contribution in [0.25, 0.3) is 0 Å². The molecule has 0 unspecified atom stereocenters. The van der Waals surface area contributed by atoms with Crippen LogP contribution in [0, 0.1) is 11.3 Å². The van der Waals surface area contributed by atoms with E-state index in [1.165, 1.54) is 0 Å². The van der Waals surface area contributed by atoms with Gasteiger partial charge in [0.25, 0.3) is 0 Å². The number of carbonyl (C=O) groups is 1. The number of hydrogen-bond donors (Lipinski definition) is 0. The topological polar surface area (TPSA) is 53.3 Å². The fourth-order valence-electron chi connectivity index (χ4n) is 2.51. The third-order valence-electron chi connectivity index (χ3n) is 4.03. The zero-order valence-electron chi connectivity index (χ0n) is 12.5. The molecule has 1 aromatic rings. The van der Waals surface area contributed by atoms with Crippen molar-refractivity contribution in [3.05, 3.63) is 29.8 Å². The standard InChI is InChI=1S/C16H20N2O2S/c1-20-14-5-3-13(4-6-14)11-15(19)18-9-7-16(12-17,21-2)8-10-18/h3-6H,7-11H2,1-2H3. The molecule has 21 heavy (non-hydrogen) atoms.